The van der Waals surface area contributed by atoms with Crippen LogP contribution in [0.3, 0.4) is 0 Å². The van der Waals surface area contributed by atoms with Gasteiger partial charge in [-0.3, -0.25) is 9.59 Å². The monoisotopic (exact) mass is 449 g/mol. The smallest absolute Gasteiger partial charge is 0.282 e. The zero-order chi connectivity index (χ0) is 23.0. The highest BCUT2D eigenvalue weighted by Gasteiger charge is 2.40. The zero-order valence-electron chi connectivity index (χ0n) is 17.8. The van der Waals surface area contributed by atoms with Crippen LogP contribution in [0.1, 0.15) is 11.1 Å². The summed E-state index contributed by atoms with van der Waals surface area (Å²) in [5.41, 5.74) is 3.47. The first-order valence-corrected chi connectivity index (χ1v) is 10.3. The molecule has 32 heavy (non-hydrogen) atoms. The Bertz CT molecular complexity index is 1250. The first kappa shape index (κ1) is 21.6. The normalized spacial score (nSPS) is 13.7. The molecule has 3 aromatic carbocycles. The number of imide groups is 1. The van der Waals surface area contributed by atoms with Crippen LogP contribution in [0.25, 0.3) is 5.57 Å². The lowest BCUT2D eigenvalue weighted by Crippen LogP contribution is -2.32. The maximum atomic E-state index is 13.5. The highest BCUT2D eigenvalue weighted by Crippen LogP contribution is 2.35. The molecule has 0 bridgehead atoms. The van der Waals surface area contributed by atoms with Gasteiger partial charge in [-0.15, -0.1) is 0 Å². The molecular formula is C25H21ClFN3O2. The molecule has 0 saturated heterocycles. The summed E-state index contributed by atoms with van der Waals surface area (Å²) in [4.78, 5) is 30.0. The van der Waals surface area contributed by atoms with Crippen LogP contribution in [0.5, 0.6) is 0 Å². The molecule has 0 aromatic heterocycles. The molecule has 1 aliphatic rings. The van der Waals surface area contributed by atoms with Gasteiger partial charge in [0.1, 0.15) is 11.5 Å². The molecular weight excluding hydrogens is 429 g/mol. The molecule has 162 valence electrons. The van der Waals surface area contributed by atoms with Gasteiger partial charge in [-0.1, -0.05) is 35.9 Å². The Morgan fingerprint density at radius 2 is 1.66 bits per heavy atom. The molecule has 0 aliphatic carbocycles. The fraction of sp³-hybridized carbons (Fsp3) is 0.120. The number of amides is 2. The number of rotatable bonds is 5. The van der Waals surface area contributed by atoms with Gasteiger partial charge in [-0.25, -0.2) is 9.29 Å². The third-order valence-corrected chi connectivity index (χ3v) is 5.67. The van der Waals surface area contributed by atoms with Crippen molar-refractivity contribution in [1.29, 1.82) is 0 Å². The summed E-state index contributed by atoms with van der Waals surface area (Å²) in [6.45, 7) is 1.87. The molecule has 2 amide bonds. The van der Waals surface area contributed by atoms with Gasteiger partial charge in [-0.2, -0.15) is 0 Å². The average molecular weight is 450 g/mol. The van der Waals surface area contributed by atoms with E-state index in [1.54, 1.807) is 30.3 Å². The highest BCUT2D eigenvalue weighted by molar-refractivity contribution is 6.46. The van der Waals surface area contributed by atoms with Gasteiger partial charge in [0.05, 0.1) is 11.3 Å². The third kappa shape index (κ3) is 3.97. The summed E-state index contributed by atoms with van der Waals surface area (Å²) < 4.78 is 13.5. The molecule has 5 nitrogen and oxygen atoms in total. The summed E-state index contributed by atoms with van der Waals surface area (Å²) >= 11 is 6.24. The van der Waals surface area contributed by atoms with Crippen LogP contribution in [0.4, 0.5) is 21.5 Å². The van der Waals surface area contributed by atoms with Gasteiger partial charge >= 0.3 is 0 Å². The minimum absolute atomic E-state index is 0.108. The predicted octanol–water partition coefficient (Wildman–Crippen LogP) is 5.25. The van der Waals surface area contributed by atoms with Crippen LogP contribution < -0.4 is 15.1 Å². The van der Waals surface area contributed by atoms with Crippen LogP contribution in [0.2, 0.25) is 5.02 Å². The van der Waals surface area contributed by atoms with Crippen LogP contribution in [-0.4, -0.2) is 25.9 Å². The summed E-state index contributed by atoms with van der Waals surface area (Å²) in [6, 6.07) is 17.9. The van der Waals surface area contributed by atoms with Gasteiger partial charge in [-0.05, 0) is 60.5 Å². The number of hydrogen-bond acceptors (Lipinski definition) is 4. The molecule has 0 unspecified atom stereocenters. The lowest BCUT2D eigenvalue weighted by Gasteiger charge is -2.19. The van der Waals surface area contributed by atoms with Crippen molar-refractivity contribution in [1.82, 2.24) is 0 Å². The Labute approximate surface area is 190 Å². The number of carbonyl (C=O) groups is 2. The minimum Gasteiger partial charge on any atom is -0.378 e. The summed E-state index contributed by atoms with van der Waals surface area (Å²) in [5.74, 6) is -1.42. The van der Waals surface area contributed by atoms with Crippen LogP contribution >= 0.6 is 11.6 Å². The van der Waals surface area contributed by atoms with E-state index in [4.69, 9.17) is 11.6 Å². The van der Waals surface area contributed by atoms with Crippen molar-refractivity contribution in [2.45, 2.75) is 6.92 Å². The fourth-order valence-corrected chi connectivity index (χ4v) is 3.67. The lowest BCUT2D eigenvalue weighted by atomic mass is 10.0. The molecule has 1 aliphatic heterocycles. The second-order valence-electron chi connectivity index (χ2n) is 7.71. The van der Waals surface area contributed by atoms with Gasteiger partial charge in [0, 0.05) is 30.5 Å². The number of aryl methyl sites for hydroxylation is 1. The van der Waals surface area contributed by atoms with Gasteiger partial charge in [0.25, 0.3) is 11.8 Å². The number of carbonyl (C=O) groups excluding carboxylic acids is 2. The van der Waals surface area contributed by atoms with Crippen molar-refractivity contribution in [3.8, 4) is 0 Å². The number of halogens is 2. The topological polar surface area (TPSA) is 52.7 Å². The average Bonchev–Trinajstić information content (AvgIpc) is 3.01. The Kier molecular flexibility index (Phi) is 5.72. The second kappa shape index (κ2) is 8.48. The molecule has 3 aromatic rings. The first-order chi connectivity index (χ1) is 15.3. The van der Waals surface area contributed by atoms with E-state index in [9.17, 15) is 14.0 Å². The first-order valence-electron chi connectivity index (χ1n) is 9.96. The van der Waals surface area contributed by atoms with Crippen molar-refractivity contribution >= 4 is 46.1 Å². The second-order valence-corrected chi connectivity index (χ2v) is 8.11. The Hall–Kier alpha value is -3.64. The number of anilines is 3. The van der Waals surface area contributed by atoms with Gasteiger partial charge < -0.3 is 10.2 Å². The van der Waals surface area contributed by atoms with Crippen LogP contribution in [-0.2, 0) is 9.59 Å². The van der Waals surface area contributed by atoms with E-state index in [0.717, 1.165) is 16.2 Å². The van der Waals surface area contributed by atoms with Crippen LogP contribution in [0.15, 0.2) is 72.4 Å². The highest BCUT2D eigenvalue weighted by atomic mass is 35.5. The van der Waals surface area contributed by atoms with E-state index in [-0.39, 0.29) is 11.3 Å². The van der Waals surface area contributed by atoms with E-state index in [1.807, 2.05) is 38.1 Å². The summed E-state index contributed by atoms with van der Waals surface area (Å²) in [5, 5.41) is 3.60. The van der Waals surface area contributed by atoms with E-state index in [1.165, 1.54) is 24.3 Å². The quantitative estimate of drug-likeness (QED) is 0.540. The predicted molar refractivity (Wildman–Crippen MR) is 126 cm³/mol. The fourth-order valence-electron chi connectivity index (χ4n) is 3.49. The van der Waals surface area contributed by atoms with E-state index in [2.05, 4.69) is 5.32 Å². The van der Waals surface area contributed by atoms with Crippen molar-refractivity contribution in [2.24, 2.45) is 0 Å². The Balaban J connectivity index is 1.82. The van der Waals surface area contributed by atoms with Crippen molar-refractivity contribution < 1.29 is 14.0 Å². The zero-order valence-corrected chi connectivity index (χ0v) is 18.6. The SMILES string of the molecule is Cc1ccc(NC2=C(c3ccc(F)cc3)C(=O)N(c3cccc(N(C)C)c3)C2=O)cc1Cl. The van der Waals surface area contributed by atoms with Gasteiger partial charge in [0.15, 0.2) is 0 Å². The molecule has 0 radical (unpaired) electrons. The molecule has 7 heteroatoms. The minimum atomic E-state index is -0.498. The number of benzene rings is 3. The Morgan fingerprint density at radius 3 is 2.31 bits per heavy atom. The molecule has 0 fully saturated rings. The number of nitrogens with zero attached hydrogens (tertiary/aromatic N) is 2. The molecule has 1 N–H and O–H groups in total. The third-order valence-electron chi connectivity index (χ3n) is 5.26. The summed E-state index contributed by atoms with van der Waals surface area (Å²) in [7, 11) is 3.76. The standard InChI is InChI=1S/C25H21ClFN3O2/c1-15-7-12-18(13-21(15)26)28-23-22(16-8-10-17(27)11-9-16)24(31)30(25(23)32)20-6-4-5-19(14-20)29(2)3/h4-14,28H,1-3H3. The van der Waals surface area contributed by atoms with E-state index in [0.29, 0.717) is 22.0 Å². The summed E-state index contributed by atoms with van der Waals surface area (Å²) in [6.07, 6.45) is 0. The lowest BCUT2D eigenvalue weighted by molar-refractivity contribution is -0.120. The number of hydrogen-bond donors (Lipinski definition) is 1. The molecule has 0 atom stereocenters. The van der Waals surface area contributed by atoms with E-state index >= 15 is 0 Å². The van der Waals surface area contributed by atoms with Crippen molar-refractivity contribution in [3.63, 3.8) is 0 Å². The number of nitrogens with one attached hydrogen (secondary N) is 1. The van der Waals surface area contributed by atoms with Crippen LogP contribution in [0, 0.1) is 12.7 Å². The molecule has 1 heterocycles. The van der Waals surface area contributed by atoms with Crippen molar-refractivity contribution in [3.05, 3.63) is 94.4 Å². The molecule has 4 rings (SSSR count). The largest absolute Gasteiger partial charge is 0.378 e. The maximum Gasteiger partial charge on any atom is 0.282 e. The van der Waals surface area contributed by atoms with E-state index < -0.39 is 17.6 Å². The molecule has 0 spiro atoms. The van der Waals surface area contributed by atoms with Gasteiger partial charge in [0.2, 0.25) is 0 Å². The van der Waals surface area contributed by atoms with Crippen molar-refractivity contribution in [2.75, 3.05) is 29.2 Å². The molecule has 0 saturated carbocycles. The maximum absolute atomic E-state index is 13.5. The Morgan fingerprint density at radius 1 is 0.938 bits per heavy atom.